The Hall–Kier alpha value is -1.35. The van der Waals surface area contributed by atoms with E-state index in [2.05, 4.69) is 11.7 Å². The molecule has 2 atom stereocenters. The van der Waals surface area contributed by atoms with Crippen molar-refractivity contribution in [1.29, 1.82) is 0 Å². The number of esters is 1. The van der Waals surface area contributed by atoms with Crippen LogP contribution in [0.2, 0.25) is 0 Å². The van der Waals surface area contributed by atoms with Crippen molar-refractivity contribution in [1.82, 2.24) is 0 Å². The summed E-state index contributed by atoms with van der Waals surface area (Å²) in [6, 6.07) is 8.00. The highest BCUT2D eigenvalue weighted by Gasteiger charge is 2.24. The van der Waals surface area contributed by atoms with Crippen LogP contribution in [-0.2, 0) is 16.0 Å². The van der Waals surface area contributed by atoms with E-state index in [9.17, 15) is 9.90 Å². The van der Waals surface area contributed by atoms with Crippen LogP contribution in [0, 0.1) is 0 Å². The number of aryl methyl sites for hydroxylation is 1. The maximum atomic E-state index is 11.2. The largest absolute Gasteiger partial charge is 0.467 e. The molecule has 0 aliphatic rings. The molecule has 0 amide bonds. The molecule has 1 aromatic rings. The average molecular weight is 236 g/mol. The predicted molar refractivity (Wildman–Crippen MR) is 66.9 cm³/mol. The molecule has 0 saturated heterocycles. The number of ether oxygens (including phenoxy) is 1. The molecule has 0 radical (unpaired) electrons. The SMILES string of the molecule is CCCc1ccc(C(C)C(O)C(=O)OC)cc1. The fourth-order valence-electron chi connectivity index (χ4n) is 1.78. The smallest absolute Gasteiger partial charge is 0.335 e. The molecule has 0 aromatic heterocycles. The van der Waals surface area contributed by atoms with Crippen molar-refractivity contribution in [2.75, 3.05) is 7.11 Å². The quantitative estimate of drug-likeness (QED) is 0.798. The van der Waals surface area contributed by atoms with Crippen LogP contribution < -0.4 is 0 Å². The van der Waals surface area contributed by atoms with Crippen LogP contribution in [0.3, 0.4) is 0 Å². The Morgan fingerprint density at radius 2 is 1.94 bits per heavy atom. The molecule has 0 aliphatic heterocycles. The molecule has 3 nitrogen and oxygen atoms in total. The fourth-order valence-corrected chi connectivity index (χ4v) is 1.78. The molecule has 0 fully saturated rings. The molecule has 3 heteroatoms. The lowest BCUT2D eigenvalue weighted by molar-refractivity contribution is -0.151. The second-order valence-electron chi connectivity index (χ2n) is 4.25. The third kappa shape index (κ3) is 3.56. The zero-order valence-electron chi connectivity index (χ0n) is 10.6. The van der Waals surface area contributed by atoms with Gasteiger partial charge in [-0.3, -0.25) is 0 Å². The minimum absolute atomic E-state index is 0.252. The summed E-state index contributed by atoms with van der Waals surface area (Å²) in [4.78, 5) is 11.2. The minimum atomic E-state index is -1.10. The Balaban J connectivity index is 2.75. The monoisotopic (exact) mass is 236 g/mol. The van der Waals surface area contributed by atoms with Crippen molar-refractivity contribution in [3.05, 3.63) is 35.4 Å². The van der Waals surface area contributed by atoms with Gasteiger partial charge < -0.3 is 9.84 Å². The second kappa shape index (κ2) is 6.40. The summed E-state index contributed by atoms with van der Waals surface area (Å²) in [6.07, 6.45) is 1.06. The molecule has 1 aromatic carbocycles. The van der Waals surface area contributed by atoms with E-state index in [1.807, 2.05) is 31.2 Å². The zero-order chi connectivity index (χ0) is 12.8. The van der Waals surface area contributed by atoms with E-state index in [1.54, 1.807) is 0 Å². The fraction of sp³-hybridized carbons (Fsp3) is 0.500. The Kier molecular flexibility index (Phi) is 5.16. The molecular formula is C14H20O3. The third-order valence-corrected chi connectivity index (χ3v) is 2.96. The van der Waals surface area contributed by atoms with Gasteiger partial charge in [-0.25, -0.2) is 4.79 Å². The number of aliphatic hydroxyl groups excluding tert-OH is 1. The summed E-state index contributed by atoms with van der Waals surface area (Å²) < 4.78 is 4.53. The maximum Gasteiger partial charge on any atom is 0.335 e. The molecule has 17 heavy (non-hydrogen) atoms. The third-order valence-electron chi connectivity index (χ3n) is 2.96. The predicted octanol–water partition coefficient (Wildman–Crippen LogP) is 2.28. The molecule has 0 heterocycles. The van der Waals surface area contributed by atoms with Gasteiger partial charge in [-0.2, -0.15) is 0 Å². The highest BCUT2D eigenvalue weighted by atomic mass is 16.5. The van der Waals surface area contributed by atoms with E-state index in [0.717, 1.165) is 18.4 Å². The van der Waals surface area contributed by atoms with Crippen molar-refractivity contribution in [3.63, 3.8) is 0 Å². The molecule has 1 rings (SSSR count). The molecule has 2 unspecified atom stereocenters. The molecular weight excluding hydrogens is 216 g/mol. The number of aliphatic hydroxyl groups is 1. The number of benzene rings is 1. The van der Waals surface area contributed by atoms with Gasteiger partial charge >= 0.3 is 5.97 Å². The van der Waals surface area contributed by atoms with Gasteiger partial charge in [0.25, 0.3) is 0 Å². The van der Waals surface area contributed by atoms with Crippen molar-refractivity contribution < 1.29 is 14.6 Å². The van der Waals surface area contributed by atoms with Gasteiger partial charge in [-0.15, -0.1) is 0 Å². The van der Waals surface area contributed by atoms with Gasteiger partial charge in [-0.05, 0) is 17.5 Å². The van der Waals surface area contributed by atoms with Crippen LogP contribution in [0.1, 0.15) is 37.3 Å². The van der Waals surface area contributed by atoms with Crippen molar-refractivity contribution in [3.8, 4) is 0 Å². The van der Waals surface area contributed by atoms with Crippen LogP contribution in [-0.4, -0.2) is 24.3 Å². The van der Waals surface area contributed by atoms with Crippen LogP contribution in [0.15, 0.2) is 24.3 Å². The van der Waals surface area contributed by atoms with Gasteiger partial charge in [0.1, 0.15) is 0 Å². The summed E-state index contributed by atoms with van der Waals surface area (Å²) in [5, 5.41) is 9.74. The number of carbonyl (C=O) groups is 1. The van der Waals surface area contributed by atoms with Crippen molar-refractivity contribution in [2.24, 2.45) is 0 Å². The summed E-state index contributed by atoms with van der Waals surface area (Å²) >= 11 is 0. The highest BCUT2D eigenvalue weighted by molar-refractivity contribution is 5.75. The Morgan fingerprint density at radius 1 is 1.35 bits per heavy atom. The summed E-state index contributed by atoms with van der Waals surface area (Å²) in [7, 11) is 1.28. The van der Waals surface area contributed by atoms with Crippen LogP contribution in [0.5, 0.6) is 0 Å². The number of hydrogen-bond donors (Lipinski definition) is 1. The average Bonchev–Trinajstić information content (AvgIpc) is 2.37. The first-order valence-electron chi connectivity index (χ1n) is 5.94. The van der Waals surface area contributed by atoms with E-state index >= 15 is 0 Å². The van der Waals surface area contributed by atoms with Crippen LogP contribution in [0.25, 0.3) is 0 Å². The van der Waals surface area contributed by atoms with E-state index in [-0.39, 0.29) is 5.92 Å². The number of hydrogen-bond acceptors (Lipinski definition) is 3. The lowest BCUT2D eigenvalue weighted by Gasteiger charge is -2.17. The lowest BCUT2D eigenvalue weighted by atomic mass is 9.94. The molecule has 0 aliphatic carbocycles. The first-order valence-corrected chi connectivity index (χ1v) is 5.94. The topological polar surface area (TPSA) is 46.5 Å². The number of methoxy groups -OCH3 is 1. The van der Waals surface area contributed by atoms with E-state index in [1.165, 1.54) is 12.7 Å². The molecule has 0 spiro atoms. The summed E-state index contributed by atoms with van der Waals surface area (Å²) in [5.74, 6) is -0.840. The zero-order valence-corrected chi connectivity index (χ0v) is 10.6. The van der Waals surface area contributed by atoms with Gasteiger partial charge in [0.2, 0.25) is 0 Å². The molecule has 0 bridgehead atoms. The number of carbonyl (C=O) groups excluding carboxylic acids is 1. The molecule has 1 N–H and O–H groups in total. The molecule has 94 valence electrons. The first-order chi connectivity index (χ1) is 8.10. The normalized spacial score (nSPS) is 14.1. The Bertz CT molecular complexity index is 356. The van der Waals surface area contributed by atoms with E-state index < -0.39 is 12.1 Å². The maximum absolute atomic E-state index is 11.2. The van der Waals surface area contributed by atoms with Gasteiger partial charge in [0.05, 0.1) is 7.11 Å². The summed E-state index contributed by atoms with van der Waals surface area (Å²) in [6.45, 7) is 3.95. The van der Waals surface area contributed by atoms with Crippen LogP contribution >= 0.6 is 0 Å². The summed E-state index contributed by atoms with van der Waals surface area (Å²) in [5.41, 5.74) is 2.22. The minimum Gasteiger partial charge on any atom is -0.467 e. The first kappa shape index (κ1) is 13.7. The van der Waals surface area contributed by atoms with Gasteiger partial charge in [-0.1, -0.05) is 44.5 Å². The van der Waals surface area contributed by atoms with Gasteiger partial charge in [0.15, 0.2) is 6.10 Å². The van der Waals surface area contributed by atoms with Gasteiger partial charge in [0, 0.05) is 5.92 Å². The standard InChI is InChI=1S/C14H20O3/c1-4-5-11-6-8-12(9-7-11)10(2)13(15)14(16)17-3/h6-10,13,15H,4-5H2,1-3H3. The Labute approximate surface area is 102 Å². The second-order valence-corrected chi connectivity index (χ2v) is 4.25. The highest BCUT2D eigenvalue weighted by Crippen LogP contribution is 2.20. The van der Waals surface area contributed by atoms with E-state index in [0.29, 0.717) is 0 Å². The number of rotatable bonds is 5. The molecule has 0 saturated carbocycles. The lowest BCUT2D eigenvalue weighted by Crippen LogP contribution is -2.27. The van der Waals surface area contributed by atoms with Crippen molar-refractivity contribution in [2.45, 2.75) is 38.7 Å². The van der Waals surface area contributed by atoms with Crippen molar-refractivity contribution >= 4 is 5.97 Å². The Morgan fingerprint density at radius 3 is 2.41 bits per heavy atom. The van der Waals surface area contributed by atoms with E-state index in [4.69, 9.17) is 0 Å². The van der Waals surface area contributed by atoms with Crippen LogP contribution in [0.4, 0.5) is 0 Å².